The molecule has 0 amide bonds. The van der Waals surface area contributed by atoms with Crippen LogP contribution in [0, 0.1) is 0 Å². The lowest BCUT2D eigenvalue weighted by Crippen LogP contribution is -2.31. The van der Waals surface area contributed by atoms with E-state index in [4.69, 9.17) is 14.3 Å². The zero-order valence-corrected chi connectivity index (χ0v) is 13.4. The molecule has 0 rings (SSSR count). The summed E-state index contributed by atoms with van der Waals surface area (Å²) in [5, 5.41) is 0. The Balaban J connectivity index is -0.000000389. The second-order valence-electron chi connectivity index (χ2n) is 5.78. The van der Waals surface area contributed by atoms with Gasteiger partial charge in [0.25, 0.3) is 0 Å². The van der Waals surface area contributed by atoms with Gasteiger partial charge in [0, 0.05) is 7.05 Å². The molecule has 0 aromatic heterocycles. The first-order chi connectivity index (χ1) is 8.02. The molecule has 0 aliphatic heterocycles. The Kier molecular flexibility index (Phi) is 14.2. The zero-order valence-electron chi connectivity index (χ0n) is 13.4. The van der Waals surface area contributed by atoms with E-state index in [1.807, 2.05) is 13.7 Å². The van der Waals surface area contributed by atoms with Crippen molar-refractivity contribution in [1.29, 1.82) is 0 Å². The first-order valence-corrected chi connectivity index (χ1v) is 5.97. The Labute approximate surface area is 113 Å². The fourth-order valence-corrected chi connectivity index (χ4v) is 1.00. The normalized spacial score (nSPS) is 12.4. The highest BCUT2D eigenvalue weighted by Crippen LogP contribution is 2.13. The summed E-state index contributed by atoms with van der Waals surface area (Å²) in [6.45, 7) is 20.1. The van der Waals surface area contributed by atoms with Crippen LogP contribution in [-0.2, 0) is 14.3 Å². The van der Waals surface area contributed by atoms with Crippen LogP contribution in [0.1, 0.15) is 48.5 Å². The van der Waals surface area contributed by atoms with Crippen LogP contribution in [-0.4, -0.2) is 44.5 Å². The highest BCUT2D eigenvalue weighted by atomic mass is 16.6. The Hall–Kier alpha value is -0.740. The van der Waals surface area contributed by atoms with E-state index >= 15 is 0 Å². The maximum absolute atomic E-state index is 8.00. The molecule has 4 heteroatoms. The van der Waals surface area contributed by atoms with Crippen molar-refractivity contribution in [3.63, 3.8) is 0 Å². The van der Waals surface area contributed by atoms with Gasteiger partial charge < -0.3 is 19.3 Å². The van der Waals surface area contributed by atoms with Gasteiger partial charge in [-0.15, -0.1) is 0 Å². The third-order valence-corrected chi connectivity index (χ3v) is 1.31. The maximum atomic E-state index is 8.00. The Morgan fingerprint density at radius 1 is 1.06 bits per heavy atom. The number of hydrogen-bond donors (Lipinski definition) is 0. The molecule has 0 heterocycles. The average molecular weight is 261 g/mol. The molecule has 1 atom stereocenters. The SMILES string of the molecule is C=NC.C=O.CC(COC(C)(C)C)OC(C)(C)C. The van der Waals surface area contributed by atoms with Gasteiger partial charge in [-0.05, 0) is 55.2 Å². The Bertz CT molecular complexity index is 192. The Morgan fingerprint density at radius 2 is 1.39 bits per heavy atom. The van der Waals surface area contributed by atoms with Gasteiger partial charge >= 0.3 is 0 Å². The summed E-state index contributed by atoms with van der Waals surface area (Å²) in [6, 6.07) is 0. The molecule has 0 N–H and O–H groups in total. The summed E-state index contributed by atoms with van der Waals surface area (Å²) in [7, 11) is 1.64. The summed E-state index contributed by atoms with van der Waals surface area (Å²) in [6.07, 6.45) is 0.152. The highest BCUT2D eigenvalue weighted by Gasteiger charge is 2.17. The highest BCUT2D eigenvalue weighted by molar-refractivity contribution is 5.22. The van der Waals surface area contributed by atoms with Gasteiger partial charge in [-0.25, -0.2) is 0 Å². The lowest BCUT2D eigenvalue weighted by atomic mass is 10.2. The second kappa shape index (κ2) is 11.4. The lowest BCUT2D eigenvalue weighted by molar-refractivity contribution is -0.112. The van der Waals surface area contributed by atoms with Crippen LogP contribution < -0.4 is 0 Å². The third kappa shape index (κ3) is 29.5. The quantitative estimate of drug-likeness (QED) is 0.733. The summed E-state index contributed by atoms with van der Waals surface area (Å²) >= 11 is 0. The minimum Gasteiger partial charge on any atom is -0.373 e. The molecule has 0 saturated heterocycles. The average Bonchev–Trinajstić information content (AvgIpc) is 2.16. The topological polar surface area (TPSA) is 47.9 Å². The lowest BCUT2D eigenvalue weighted by Gasteiger charge is -2.28. The van der Waals surface area contributed by atoms with Crippen LogP contribution in [0.15, 0.2) is 4.99 Å². The molecule has 0 spiro atoms. The number of rotatable bonds is 3. The van der Waals surface area contributed by atoms with Crippen molar-refractivity contribution in [3.05, 3.63) is 0 Å². The van der Waals surface area contributed by atoms with Crippen LogP contribution in [0.4, 0.5) is 0 Å². The van der Waals surface area contributed by atoms with E-state index < -0.39 is 0 Å². The molecule has 18 heavy (non-hydrogen) atoms. The molecular weight excluding hydrogens is 230 g/mol. The molecule has 0 saturated carbocycles. The molecule has 0 aromatic carbocycles. The van der Waals surface area contributed by atoms with Gasteiger partial charge in [-0.2, -0.15) is 0 Å². The van der Waals surface area contributed by atoms with Gasteiger partial charge in [0.2, 0.25) is 0 Å². The molecular formula is C14H31NO3. The van der Waals surface area contributed by atoms with E-state index in [1.165, 1.54) is 0 Å². The van der Waals surface area contributed by atoms with Crippen molar-refractivity contribution in [3.8, 4) is 0 Å². The monoisotopic (exact) mass is 261 g/mol. The number of carbonyl (C=O) groups excluding carboxylic acids is 1. The molecule has 0 bridgehead atoms. The molecule has 110 valence electrons. The van der Waals surface area contributed by atoms with Crippen molar-refractivity contribution in [2.24, 2.45) is 4.99 Å². The minimum absolute atomic E-state index is 0.0739. The van der Waals surface area contributed by atoms with Gasteiger partial charge in [-0.3, -0.25) is 0 Å². The molecule has 0 radical (unpaired) electrons. The summed E-state index contributed by atoms with van der Waals surface area (Å²) < 4.78 is 11.3. The van der Waals surface area contributed by atoms with E-state index in [-0.39, 0.29) is 17.3 Å². The van der Waals surface area contributed by atoms with Crippen molar-refractivity contribution in [2.75, 3.05) is 13.7 Å². The fraction of sp³-hybridized carbons (Fsp3) is 0.857. The fourth-order valence-electron chi connectivity index (χ4n) is 1.00. The molecule has 0 aliphatic rings. The summed E-state index contributed by atoms with van der Waals surface area (Å²) in [5.41, 5.74) is -0.157. The van der Waals surface area contributed by atoms with Crippen molar-refractivity contribution >= 4 is 13.5 Å². The van der Waals surface area contributed by atoms with Crippen LogP contribution in [0.25, 0.3) is 0 Å². The van der Waals surface area contributed by atoms with Crippen LogP contribution in [0.3, 0.4) is 0 Å². The number of hydrogen-bond acceptors (Lipinski definition) is 4. The molecule has 0 fully saturated rings. The van der Waals surface area contributed by atoms with E-state index in [2.05, 4.69) is 53.3 Å². The van der Waals surface area contributed by atoms with E-state index in [9.17, 15) is 0 Å². The zero-order chi connectivity index (χ0) is 15.4. The Morgan fingerprint density at radius 3 is 1.61 bits per heavy atom. The van der Waals surface area contributed by atoms with E-state index in [1.54, 1.807) is 7.05 Å². The van der Waals surface area contributed by atoms with Gasteiger partial charge in [0.15, 0.2) is 0 Å². The molecule has 0 aromatic rings. The van der Waals surface area contributed by atoms with E-state index in [0.29, 0.717) is 6.61 Å². The van der Waals surface area contributed by atoms with Crippen molar-refractivity contribution < 1.29 is 14.3 Å². The summed E-state index contributed by atoms with van der Waals surface area (Å²) in [4.78, 5) is 11.2. The maximum Gasteiger partial charge on any atom is 0.106 e. The number of nitrogens with zero attached hydrogens (tertiary/aromatic N) is 1. The van der Waals surface area contributed by atoms with Gasteiger partial charge in [-0.1, -0.05) is 0 Å². The van der Waals surface area contributed by atoms with Gasteiger partial charge in [0.05, 0.1) is 23.9 Å². The molecule has 0 aliphatic carbocycles. The molecule has 1 unspecified atom stereocenters. The van der Waals surface area contributed by atoms with Crippen molar-refractivity contribution in [2.45, 2.75) is 65.8 Å². The number of aliphatic imine (C=N–C) groups is 1. The van der Waals surface area contributed by atoms with Gasteiger partial charge in [0.1, 0.15) is 6.79 Å². The first-order valence-electron chi connectivity index (χ1n) is 5.97. The minimum atomic E-state index is -0.0827. The molecule has 4 nitrogen and oxygen atoms in total. The smallest absolute Gasteiger partial charge is 0.106 e. The van der Waals surface area contributed by atoms with Crippen molar-refractivity contribution in [1.82, 2.24) is 0 Å². The second-order valence-corrected chi connectivity index (χ2v) is 5.78. The van der Waals surface area contributed by atoms with Crippen LogP contribution >= 0.6 is 0 Å². The predicted molar refractivity (Wildman–Crippen MR) is 78.6 cm³/mol. The predicted octanol–water partition coefficient (Wildman–Crippen LogP) is 3.14. The van der Waals surface area contributed by atoms with Crippen LogP contribution in [0.5, 0.6) is 0 Å². The van der Waals surface area contributed by atoms with Crippen LogP contribution in [0.2, 0.25) is 0 Å². The largest absolute Gasteiger partial charge is 0.373 e. The first kappa shape index (κ1) is 22.4. The van der Waals surface area contributed by atoms with E-state index in [0.717, 1.165) is 0 Å². The third-order valence-electron chi connectivity index (χ3n) is 1.31. The standard InChI is InChI=1S/C11H24O2.C2H5N.CH2O/c1-9(13-11(5,6)7)8-12-10(2,3)4;1-3-2;1-2/h9H,8H2,1-7H3;1H2,2H3;1H2. The number of carbonyl (C=O) groups is 1. The number of ether oxygens (including phenoxy) is 2. The summed E-state index contributed by atoms with van der Waals surface area (Å²) in [5.74, 6) is 0.